The maximum atomic E-state index is 12.7. The van der Waals surface area contributed by atoms with E-state index < -0.39 is 18.1 Å². The number of aliphatic carboxylic acids is 1. The van der Waals surface area contributed by atoms with E-state index in [2.05, 4.69) is 17.4 Å². The molecule has 0 spiro atoms. The van der Waals surface area contributed by atoms with Crippen molar-refractivity contribution in [1.29, 1.82) is 0 Å². The molecule has 0 heterocycles. The lowest BCUT2D eigenvalue weighted by atomic mass is 9.98. The van der Waals surface area contributed by atoms with Crippen LogP contribution in [0.3, 0.4) is 0 Å². The van der Waals surface area contributed by atoms with Crippen LogP contribution in [0.5, 0.6) is 11.5 Å². The Bertz CT molecular complexity index is 1410. The fourth-order valence-electron chi connectivity index (χ4n) is 4.63. The monoisotopic (exact) mass is 513 g/mol. The molecule has 0 radical (unpaired) electrons. The number of alkyl carbamates (subject to hydrolysis) is 1. The van der Waals surface area contributed by atoms with E-state index in [9.17, 15) is 14.7 Å². The molecule has 1 atom stereocenters. The van der Waals surface area contributed by atoms with Crippen molar-refractivity contribution >= 4 is 23.7 Å². The summed E-state index contributed by atoms with van der Waals surface area (Å²) in [4.78, 5) is 24.7. The van der Waals surface area contributed by atoms with Gasteiger partial charge in [0, 0.05) is 17.4 Å². The van der Waals surface area contributed by atoms with Gasteiger partial charge in [-0.05, 0) is 52.1 Å². The Morgan fingerprint density at radius 3 is 2.19 bits per heavy atom. The largest absolute Gasteiger partial charge is 0.480 e. The molecule has 1 amide bonds. The van der Waals surface area contributed by atoms with Gasteiger partial charge in [-0.25, -0.2) is 9.59 Å². The van der Waals surface area contributed by atoms with Gasteiger partial charge in [0.2, 0.25) is 0 Å². The molecule has 1 aliphatic rings. The molecule has 4 aromatic carbocycles. The van der Waals surface area contributed by atoms with Crippen molar-refractivity contribution < 1.29 is 24.2 Å². The number of carbonyl (C=O) groups is 2. The number of para-hydroxylation sites is 1. The molecular formula is C30H24ClNO5. The molecule has 37 heavy (non-hydrogen) atoms. The van der Waals surface area contributed by atoms with Crippen LogP contribution in [0.25, 0.3) is 11.1 Å². The van der Waals surface area contributed by atoms with Gasteiger partial charge < -0.3 is 19.9 Å². The minimum Gasteiger partial charge on any atom is -0.480 e. The zero-order valence-corrected chi connectivity index (χ0v) is 20.5. The van der Waals surface area contributed by atoms with E-state index in [0.717, 1.165) is 22.3 Å². The second-order valence-electron chi connectivity index (χ2n) is 8.73. The Morgan fingerprint density at radius 2 is 1.51 bits per heavy atom. The standard InChI is InChI=1S/C30H24ClNO5/c31-20-9-7-10-21(17-20)37-28-15-6-1-8-19(28)16-27(29(33)34)32-30(35)36-18-26-24-13-4-2-11-22(24)23-12-3-5-14-25(23)26/h1-15,17,26-27H,16,18H2,(H,32,35)(H,33,34). The average Bonchev–Trinajstić information content (AvgIpc) is 3.22. The molecule has 2 N–H and O–H groups in total. The summed E-state index contributed by atoms with van der Waals surface area (Å²) in [5.74, 6) is -0.291. The topological polar surface area (TPSA) is 84.9 Å². The van der Waals surface area contributed by atoms with Crippen LogP contribution in [0.1, 0.15) is 22.6 Å². The van der Waals surface area contributed by atoms with Crippen LogP contribution in [0, 0.1) is 0 Å². The van der Waals surface area contributed by atoms with Gasteiger partial charge >= 0.3 is 12.1 Å². The van der Waals surface area contributed by atoms with Gasteiger partial charge in [0.15, 0.2) is 0 Å². The van der Waals surface area contributed by atoms with Crippen molar-refractivity contribution in [1.82, 2.24) is 5.32 Å². The van der Waals surface area contributed by atoms with E-state index in [0.29, 0.717) is 22.1 Å². The van der Waals surface area contributed by atoms with Crippen molar-refractivity contribution in [2.24, 2.45) is 0 Å². The Labute approximate surface area is 219 Å². The summed E-state index contributed by atoms with van der Waals surface area (Å²) in [5.41, 5.74) is 5.02. The highest BCUT2D eigenvalue weighted by atomic mass is 35.5. The number of benzene rings is 4. The number of carboxylic acid groups (broad SMARTS) is 1. The third kappa shape index (κ3) is 5.44. The van der Waals surface area contributed by atoms with Gasteiger partial charge in [0.05, 0.1) is 0 Å². The summed E-state index contributed by atoms with van der Waals surface area (Å²) in [7, 11) is 0. The summed E-state index contributed by atoms with van der Waals surface area (Å²) in [6, 6.07) is 28.8. The number of fused-ring (bicyclic) bond motifs is 3. The number of ether oxygens (including phenoxy) is 2. The Morgan fingerprint density at radius 1 is 0.865 bits per heavy atom. The first-order valence-corrected chi connectivity index (χ1v) is 12.2. The lowest BCUT2D eigenvalue weighted by Crippen LogP contribution is -2.43. The van der Waals surface area contributed by atoms with Crippen molar-refractivity contribution in [3.8, 4) is 22.6 Å². The maximum Gasteiger partial charge on any atom is 0.407 e. The molecule has 0 bridgehead atoms. The van der Waals surface area contributed by atoms with Gasteiger partial charge in [-0.3, -0.25) is 0 Å². The van der Waals surface area contributed by atoms with Gasteiger partial charge in [-0.15, -0.1) is 0 Å². The number of carboxylic acids is 1. The number of rotatable bonds is 8. The van der Waals surface area contributed by atoms with E-state index in [1.807, 2.05) is 36.4 Å². The summed E-state index contributed by atoms with van der Waals surface area (Å²) >= 11 is 6.05. The second kappa shape index (κ2) is 10.8. The Kier molecular flexibility index (Phi) is 7.10. The van der Waals surface area contributed by atoms with E-state index in [1.54, 1.807) is 48.5 Å². The predicted octanol–water partition coefficient (Wildman–Crippen LogP) is 6.67. The molecule has 1 aliphatic carbocycles. The molecule has 186 valence electrons. The molecule has 0 aliphatic heterocycles. The summed E-state index contributed by atoms with van der Waals surface area (Å²) in [6.07, 6.45) is -0.779. The van der Waals surface area contributed by atoms with Gasteiger partial charge in [0.25, 0.3) is 0 Å². The van der Waals surface area contributed by atoms with Crippen LogP contribution in [-0.2, 0) is 16.0 Å². The van der Waals surface area contributed by atoms with Crippen LogP contribution < -0.4 is 10.1 Å². The molecule has 4 aromatic rings. The first-order valence-electron chi connectivity index (χ1n) is 11.9. The lowest BCUT2D eigenvalue weighted by molar-refractivity contribution is -0.139. The number of nitrogens with one attached hydrogen (secondary N) is 1. The molecule has 0 aromatic heterocycles. The van der Waals surface area contributed by atoms with E-state index in [1.165, 1.54) is 0 Å². The smallest absolute Gasteiger partial charge is 0.407 e. The summed E-state index contributed by atoms with van der Waals surface area (Å²) < 4.78 is 11.5. The van der Waals surface area contributed by atoms with E-state index in [4.69, 9.17) is 21.1 Å². The SMILES string of the molecule is O=C(NC(Cc1ccccc1Oc1cccc(Cl)c1)C(=O)O)OCC1c2ccccc2-c2ccccc21. The highest BCUT2D eigenvalue weighted by molar-refractivity contribution is 6.30. The third-order valence-corrected chi connectivity index (χ3v) is 6.59. The Hall–Kier alpha value is -4.29. The van der Waals surface area contributed by atoms with E-state index in [-0.39, 0.29) is 18.9 Å². The zero-order chi connectivity index (χ0) is 25.8. The first kappa shape index (κ1) is 24.4. The van der Waals surface area contributed by atoms with E-state index >= 15 is 0 Å². The quantitative estimate of drug-likeness (QED) is 0.275. The van der Waals surface area contributed by atoms with Crippen molar-refractivity contribution in [2.75, 3.05) is 6.61 Å². The molecule has 7 heteroatoms. The average molecular weight is 514 g/mol. The van der Waals surface area contributed by atoms with Crippen LogP contribution in [-0.4, -0.2) is 29.8 Å². The van der Waals surface area contributed by atoms with Crippen LogP contribution in [0.4, 0.5) is 4.79 Å². The maximum absolute atomic E-state index is 12.7. The van der Waals surface area contributed by atoms with Crippen LogP contribution >= 0.6 is 11.6 Å². The molecule has 0 saturated carbocycles. The molecule has 0 fully saturated rings. The lowest BCUT2D eigenvalue weighted by Gasteiger charge is -2.19. The predicted molar refractivity (Wildman–Crippen MR) is 141 cm³/mol. The van der Waals surface area contributed by atoms with Gasteiger partial charge in [0.1, 0.15) is 24.1 Å². The fraction of sp³-hybridized carbons (Fsp3) is 0.133. The zero-order valence-electron chi connectivity index (χ0n) is 19.8. The first-order chi connectivity index (χ1) is 18.0. The van der Waals surface area contributed by atoms with Crippen LogP contribution in [0.15, 0.2) is 97.1 Å². The fourth-order valence-corrected chi connectivity index (χ4v) is 4.81. The third-order valence-electron chi connectivity index (χ3n) is 6.35. The minimum atomic E-state index is -1.21. The molecular weight excluding hydrogens is 490 g/mol. The summed E-state index contributed by atoms with van der Waals surface area (Å²) in [6.45, 7) is 0.0979. The minimum absolute atomic E-state index is 0.0102. The number of hydrogen-bond donors (Lipinski definition) is 2. The highest BCUT2D eigenvalue weighted by Crippen LogP contribution is 2.44. The van der Waals surface area contributed by atoms with Gasteiger partial charge in [-0.2, -0.15) is 0 Å². The van der Waals surface area contributed by atoms with Crippen molar-refractivity contribution in [2.45, 2.75) is 18.4 Å². The second-order valence-corrected chi connectivity index (χ2v) is 9.17. The highest BCUT2D eigenvalue weighted by Gasteiger charge is 2.30. The number of halogens is 1. The van der Waals surface area contributed by atoms with Crippen LogP contribution in [0.2, 0.25) is 5.02 Å². The van der Waals surface area contributed by atoms with Crippen molar-refractivity contribution in [3.63, 3.8) is 0 Å². The normalized spacial score (nSPS) is 12.8. The van der Waals surface area contributed by atoms with Gasteiger partial charge in [-0.1, -0.05) is 84.4 Å². The molecule has 5 rings (SSSR count). The molecule has 1 unspecified atom stereocenters. The number of carbonyl (C=O) groups excluding carboxylic acids is 1. The number of amides is 1. The Balaban J connectivity index is 1.26. The molecule has 0 saturated heterocycles. The summed E-state index contributed by atoms with van der Waals surface area (Å²) in [5, 5.41) is 12.8. The van der Waals surface area contributed by atoms with Crippen molar-refractivity contribution in [3.05, 3.63) is 119 Å². The molecule has 6 nitrogen and oxygen atoms in total. The number of hydrogen-bond acceptors (Lipinski definition) is 4.